The van der Waals surface area contributed by atoms with Crippen molar-refractivity contribution in [3.8, 4) is 5.75 Å². The third-order valence-corrected chi connectivity index (χ3v) is 5.82. The maximum Gasteiger partial charge on any atom is 0.290 e. The first-order valence-electron chi connectivity index (χ1n) is 8.89. The molecule has 4 nitrogen and oxygen atoms in total. The van der Waals surface area contributed by atoms with E-state index in [0.717, 1.165) is 30.7 Å². The highest BCUT2D eigenvalue weighted by atomic mass is 32.1. The molecule has 0 aliphatic carbocycles. The molecular weight excluding hydrogens is 346 g/mol. The first kappa shape index (κ1) is 16.9. The van der Waals surface area contributed by atoms with Gasteiger partial charge < -0.3 is 14.1 Å². The van der Waals surface area contributed by atoms with Crippen LogP contribution in [0.4, 0.5) is 0 Å². The predicted octanol–water partition coefficient (Wildman–Crippen LogP) is 5.07. The molecule has 0 fully saturated rings. The van der Waals surface area contributed by atoms with E-state index in [2.05, 4.69) is 18.4 Å². The van der Waals surface area contributed by atoms with E-state index in [1.54, 1.807) is 17.6 Å². The van der Waals surface area contributed by atoms with E-state index in [1.165, 1.54) is 10.4 Å². The van der Waals surface area contributed by atoms with Gasteiger partial charge in [-0.05, 0) is 48.1 Å². The van der Waals surface area contributed by atoms with Gasteiger partial charge in [-0.25, -0.2) is 0 Å². The zero-order valence-corrected chi connectivity index (χ0v) is 15.5. The van der Waals surface area contributed by atoms with Crippen LogP contribution in [0.5, 0.6) is 5.75 Å². The van der Waals surface area contributed by atoms with Gasteiger partial charge in [0.2, 0.25) is 0 Å². The largest absolute Gasteiger partial charge is 0.489 e. The molecule has 0 radical (unpaired) electrons. The average Bonchev–Trinajstić information content (AvgIpc) is 3.34. The molecule has 0 N–H and O–H groups in total. The summed E-state index contributed by atoms with van der Waals surface area (Å²) >= 11 is 1.78. The van der Waals surface area contributed by atoms with Crippen LogP contribution in [-0.2, 0) is 13.0 Å². The Kier molecular flexibility index (Phi) is 4.80. The third-order valence-electron chi connectivity index (χ3n) is 4.82. The average molecular weight is 367 g/mol. The molecule has 5 heteroatoms. The van der Waals surface area contributed by atoms with Crippen LogP contribution in [0, 0.1) is 0 Å². The van der Waals surface area contributed by atoms with Crippen molar-refractivity contribution in [3.63, 3.8) is 0 Å². The van der Waals surface area contributed by atoms with E-state index in [9.17, 15) is 4.79 Å². The third kappa shape index (κ3) is 3.15. The molecule has 1 aliphatic rings. The van der Waals surface area contributed by atoms with Crippen LogP contribution in [-0.4, -0.2) is 17.4 Å². The van der Waals surface area contributed by atoms with E-state index < -0.39 is 0 Å². The van der Waals surface area contributed by atoms with Crippen LogP contribution < -0.4 is 4.74 Å². The molecule has 0 spiro atoms. The summed E-state index contributed by atoms with van der Waals surface area (Å²) in [5.74, 6) is 1.11. The van der Waals surface area contributed by atoms with Crippen molar-refractivity contribution in [1.29, 1.82) is 0 Å². The second kappa shape index (κ2) is 7.38. The Morgan fingerprint density at radius 1 is 1.27 bits per heavy atom. The summed E-state index contributed by atoms with van der Waals surface area (Å²) in [6, 6.07) is 13.7. The SMILES string of the molecule is CCC1c2ccsc2CCN1C(=O)c1occc1COc1ccccc1. The summed E-state index contributed by atoms with van der Waals surface area (Å²) in [5.41, 5.74) is 2.07. The van der Waals surface area contributed by atoms with E-state index >= 15 is 0 Å². The van der Waals surface area contributed by atoms with E-state index in [0.29, 0.717) is 12.4 Å². The van der Waals surface area contributed by atoms with Gasteiger partial charge in [-0.1, -0.05) is 25.1 Å². The molecule has 3 heterocycles. The van der Waals surface area contributed by atoms with Crippen molar-refractivity contribution in [1.82, 2.24) is 4.90 Å². The van der Waals surface area contributed by atoms with Crippen LogP contribution in [0.3, 0.4) is 0 Å². The van der Waals surface area contributed by atoms with E-state index in [1.807, 2.05) is 41.3 Å². The normalized spacial score (nSPS) is 16.3. The summed E-state index contributed by atoms with van der Waals surface area (Å²) in [6.07, 6.45) is 3.37. The van der Waals surface area contributed by atoms with E-state index in [-0.39, 0.29) is 11.9 Å². The number of hydrogen-bond donors (Lipinski definition) is 0. The fraction of sp³-hybridized carbons (Fsp3) is 0.286. The van der Waals surface area contributed by atoms with Crippen LogP contribution in [0.15, 0.2) is 58.5 Å². The van der Waals surface area contributed by atoms with Gasteiger partial charge in [-0.15, -0.1) is 11.3 Å². The highest BCUT2D eigenvalue weighted by Crippen LogP contribution is 2.36. The van der Waals surface area contributed by atoms with Gasteiger partial charge in [0.1, 0.15) is 12.4 Å². The van der Waals surface area contributed by atoms with Gasteiger partial charge in [0.25, 0.3) is 5.91 Å². The second-order valence-electron chi connectivity index (χ2n) is 6.35. The lowest BCUT2D eigenvalue weighted by molar-refractivity contribution is 0.0621. The number of nitrogens with zero attached hydrogens (tertiary/aromatic N) is 1. The Labute approximate surface area is 157 Å². The van der Waals surface area contributed by atoms with Gasteiger partial charge in [0.05, 0.1) is 12.3 Å². The molecule has 0 bridgehead atoms. The summed E-state index contributed by atoms with van der Waals surface area (Å²) < 4.78 is 11.4. The van der Waals surface area contributed by atoms with Gasteiger partial charge >= 0.3 is 0 Å². The first-order chi connectivity index (χ1) is 12.8. The number of para-hydroxylation sites is 1. The lowest BCUT2D eigenvalue weighted by atomic mass is 9.97. The van der Waals surface area contributed by atoms with E-state index in [4.69, 9.17) is 9.15 Å². The molecule has 1 amide bonds. The first-order valence-corrected chi connectivity index (χ1v) is 9.77. The zero-order valence-electron chi connectivity index (χ0n) is 14.7. The maximum atomic E-state index is 13.2. The van der Waals surface area contributed by atoms with Crippen molar-refractivity contribution in [2.75, 3.05) is 6.54 Å². The molecule has 134 valence electrons. The lowest BCUT2D eigenvalue weighted by Crippen LogP contribution is -2.39. The number of furan rings is 1. The Balaban J connectivity index is 1.53. The molecule has 1 aromatic carbocycles. The second-order valence-corrected chi connectivity index (χ2v) is 7.35. The summed E-state index contributed by atoms with van der Waals surface area (Å²) in [4.78, 5) is 16.5. The van der Waals surface area contributed by atoms with Crippen molar-refractivity contribution in [2.24, 2.45) is 0 Å². The fourth-order valence-corrected chi connectivity index (χ4v) is 4.45. The Bertz CT molecular complexity index is 884. The number of benzene rings is 1. The van der Waals surface area contributed by atoms with Crippen LogP contribution in [0.2, 0.25) is 0 Å². The van der Waals surface area contributed by atoms with Crippen molar-refractivity contribution < 1.29 is 13.9 Å². The van der Waals surface area contributed by atoms with Crippen LogP contribution in [0.1, 0.15) is 45.9 Å². The monoisotopic (exact) mass is 367 g/mol. The highest BCUT2D eigenvalue weighted by molar-refractivity contribution is 7.10. The fourth-order valence-electron chi connectivity index (χ4n) is 3.52. The molecule has 4 rings (SSSR count). The molecule has 26 heavy (non-hydrogen) atoms. The number of fused-ring (bicyclic) bond motifs is 1. The molecule has 3 aromatic rings. The number of hydrogen-bond acceptors (Lipinski definition) is 4. The quantitative estimate of drug-likeness (QED) is 0.632. The molecule has 1 aliphatic heterocycles. The number of carbonyl (C=O) groups excluding carboxylic acids is 1. The molecule has 1 atom stereocenters. The van der Waals surface area contributed by atoms with Gasteiger partial charge in [0, 0.05) is 17.0 Å². The summed E-state index contributed by atoms with van der Waals surface area (Å²) in [6.45, 7) is 3.17. The highest BCUT2D eigenvalue weighted by Gasteiger charge is 2.33. The number of carbonyl (C=O) groups is 1. The predicted molar refractivity (Wildman–Crippen MR) is 102 cm³/mol. The Morgan fingerprint density at radius 2 is 2.12 bits per heavy atom. The number of amides is 1. The standard InChI is InChI=1S/C21H21NO3S/c1-2-18-17-10-13-26-19(17)8-11-22(18)21(23)20-15(9-12-24-20)14-25-16-6-4-3-5-7-16/h3-7,9-10,12-13,18H,2,8,11,14H2,1H3. The topological polar surface area (TPSA) is 42.7 Å². The number of ether oxygens (including phenoxy) is 1. The molecule has 0 saturated carbocycles. The smallest absolute Gasteiger partial charge is 0.290 e. The maximum absolute atomic E-state index is 13.2. The molecule has 0 saturated heterocycles. The number of thiophene rings is 1. The Hall–Kier alpha value is -2.53. The Morgan fingerprint density at radius 3 is 2.92 bits per heavy atom. The lowest BCUT2D eigenvalue weighted by Gasteiger charge is -2.35. The van der Waals surface area contributed by atoms with Crippen LogP contribution >= 0.6 is 11.3 Å². The summed E-state index contributed by atoms with van der Waals surface area (Å²) in [5, 5.41) is 2.12. The van der Waals surface area contributed by atoms with Gasteiger partial charge in [0.15, 0.2) is 5.76 Å². The van der Waals surface area contributed by atoms with Crippen molar-refractivity contribution in [3.05, 3.63) is 75.9 Å². The minimum Gasteiger partial charge on any atom is -0.489 e. The minimum atomic E-state index is -0.0506. The van der Waals surface area contributed by atoms with Crippen molar-refractivity contribution in [2.45, 2.75) is 32.4 Å². The number of rotatable bonds is 5. The van der Waals surface area contributed by atoms with Crippen LogP contribution in [0.25, 0.3) is 0 Å². The van der Waals surface area contributed by atoms with Gasteiger partial charge in [-0.2, -0.15) is 0 Å². The van der Waals surface area contributed by atoms with Crippen molar-refractivity contribution >= 4 is 17.2 Å². The molecule has 1 unspecified atom stereocenters. The zero-order chi connectivity index (χ0) is 17.9. The minimum absolute atomic E-state index is 0.0506. The molecule has 2 aromatic heterocycles. The van der Waals surface area contributed by atoms with Gasteiger partial charge in [-0.3, -0.25) is 4.79 Å². The molecular formula is C21H21NO3S. The summed E-state index contributed by atoms with van der Waals surface area (Å²) in [7, 11) is 0.